The minimum absolute atomic E-state index is 0.278. The van der Waals surface area contributed by atoms with Crippen LogP contribution in [0.5, 0.6) is 0 Å². The van der Waals surface area contributed by atoms with Gasteiger partial charge < -0.3 is 15.1 Å². The van der Waals surface area contributed by atoms with E-state index in [0.717, 1.165) is 34.6 Å². The lowest BCUT2D eigenvalue weighted by Crippen LogP contribution is -2.10. The Kier molecular flexibility index (Phi) is 4.33. The molecule has 0 fully saturated rings. The number of oxime groups is 1. The molecule has 3 aromatic heterocycles. The van der Waals surface area contributed by atoms with Crippen molar-refractivity contribution >= 4 is 33.6 Å². The zero-order chi connectivity index (χ0) is 17.3. The lowest BCUT2D eigenvalue weighted by molar-refractivity contribution is 0.121. The predicted molar refractivity (Wildman–Crippen MR) is 95.7 cm³/mol. The number of nitrogens with two attached hydrogens (primary N) is 1. The van der Waals surface area contributed by atoms with Gasteiger partial charge in [0.1, 0.15) is 16.6 Å². The lowest BCUT2D eigenvalue weighted by Gasteiger charge is -2.12. The van der Waals surface area contributed by atoms with Crippen LogP contribution in [0.2, 0.25) is 0 Å². The first-order chi connectivity index (χ1) is 11.5. The van der Waals surface area contributed by atoms with Gasteiger partial charge in [-0.3, -0.25) is 4.98 Å². The number of aromatic nitrogens is 4. The summed E-state index contributed by atoms with van der Waals surface area (Å²) < 4.78 is 2.12. The molecule has 0 unspecified atom stereocenters. The van der Waals surface area contributed by atoms with Gasteiger partial charge in [0.15, 0.2) is 18.2 Å². The molecular weight excluding hydrogens is 304 g/mol. The smallest absolute Gasteiger partial charge is 0.174 e. The molecule has 2 N–H and O–H groups in total. The first-order valence-electron chi connectivity index (χ1n) is 8.00. The van der Waals surface area contributed by atoms with Crippen LogP contribution in [0.15, 0.2) is 23.5 Å². The van der Waals surface area contributed by atoms with E-state index in [1.165, 1.54) is 0 Å². The van der Waals surface area contributed by atoms with E-state index < -0.39 is 0 Å². The van der Waals surface area contributed by atoms with Crippen molar-refractivity contribution in [3.63, 3.8) is 0 Å². The van der Waals surface area contributed by atoms with Crippen molar-refractivity contribution < 1.29 is 4.84 Å². The van der Waals surface area contributed by atoms with Crippen LogP contribution in [0.3, 0.4) is 0 Å². The van der Waals surface area contributed by atoms with E-state index in [2.05, 4.69) is 38.5 Å². The first-order valence-corrected chi connectivity index (χ1v) is 8.00. The topological polar surface area (TPSA) is 91.2 Å². The number of hydrogen-bond acceptors (Lipinski definition) is 6. The van der Waals surface area contributed by atoms with Crippen molar-refractivity contribution in [2.75, 3.05) is 5.73 Å². The highest BCUT2D eigenvalue weighted by Gasteiger charge is 2.19. The van der Waals surface area contributed by atoms with E-state index in [1.807, 2.05) is 26.0 Å². The average molecular weight is 326 g/mol. The fourth-order valence-corrected chi connectivity index (χ4v) is 2.66. The summed E-state index contributed by atoms with van der Waals surface area (Å²) in [6, 6.07) is 3.76. The third kappa shape index (κ3) is 3.02. The number of pyridine rings is 2. The van der Waals surface area contributed by atoms with E-state index in [-0.39, 0.29) is 6.61 Å². The quantitative estimate of drug-likeness (QED) is 0.574. The molecule has 0 aromatic carbocycles. The second-order valence-electron chi connectivity index (χ2n) is 6.41. The summed E-state index contributed by atoms with van der Waals surface area (Å²) in [4.78, 5) is 19.0. The zero-order valence-electron chi connectivity index (χ0n) is 14.4. The number of rotatable bonds is 5. The van der Waals surface area contributed by atoms with Gasteiger partial charge in [-0.25, -0.2) is 9.97 Å². The average Bonchev–Trinajstić information content (AvgIpc) is 2.86. The maximum absolute atomic E-state index is 6.13. The molecule has 0 aliphatic carbocycles. The van der Waals surface area contributed by atoms with Crippen molar-refractivity contribution in [2.45, 2.75) is 40.8 Å². The summed E-state index contributed by atoms with van der Waals surface area (Å²) in [5, 5.41) is 4.00. The van der Waals surface area contributed by atoms with E-state index >= 15 is 0 Å². The molecule has 7 nitrogen and oxygen atoms in total. The molecule has 3 heterocycles. The van der Waals surface area contributed by atoms with Crippen LogP contribution < -0.4 is 5.73 Å². The molecule has 0 saturated heterocycles. The Morgan fingerprint density at radius 2 is 2.08 bits per heavy atom. The van der Waals surface area contributed by atoms with Crippen LogP contribution >= 0.6 is 0 Å². The van der Waals surface area contributed by atoms with Crippen LogP contribution in [0, 0.1) is 5.92 Å². The van der Waals surface area contributed by atoms with Gasteiger partial charge >= 0.3 is 0 Å². The van der Waals surface area contributed by atoms with Crippen molar-refractivity contribution in [2.24, 2.45) is 11.1 Å². The SMILES string of the molecule is CC(C)=NOCc1nc2c(N)nc3cccnc3c2n1CC(C)C. The largest absolute Gasteiger partial charge is 0.388 e. The van der Waals surface area contributed by atoms with Gasteiger partial charge in [0.05, 0.1) is 11.2 Å². The molecule has 0 bridgehead atoms. The summed E-state index contributed by atoms with van der Waals surface area (Å²) in [5.41, 5.74) is 10.1. The Morgan fingerprint density at radius 3 is 2.79 bits per heavy atom. The monoisotopic (exact) mass is 326 g/mol. The van der Waals surface area contributed by atoms with E-state index in [0.29, 0.717) is 17.3 Å². The Bertz CT molecular complexity index is 908. The van der Waals surface area contributed by atoms with Crippen molar-refractivity contribution in [3.8, 4) is 0 Å². The second-order valence-corrected chi connectivity index (χ2v) is 6.41. The van der Waals surface area contributed by atoms with Crippen LogP contribution in [-0.2, 0) is 18.0 Å². The van der Waals surface area contributed by atoms with Gasteiger partial charge in [-0.2, -0.15) is 0 Å². The highest BCUT2D eigenvalue weighted by molar-refractivity contribution is 6.04. The first kappa shape index (κ1) is 16.2. The highest BCUT2D eigenvalue weighted by atomic mass is 16.6. The highest BCUT2D eigenvalue weighted by Crippen LogP contribution is 2.28. The summed E-state index contributed by atoms with van der Waals surface area (Å²) in [5.74, 6) is 1.62. The molecule has 24 heavy (non-hydrogen) atoms. The van der Waals surface area contributed by atoms with E-state index in [9.17, 15) is 0 Å². The Morgan fingerprint density at radius 1 is 1.29 bits per heavy atom. The second kappa shape index (κ2) is 6.43. The molecule has 126 valence electrons. The Labute approximate surface area is 140 Å². The number of hydrogen-bond donors (Lipinski definition) is 1. The van der Waals surface area contributed by atoms with Crippen LogP contribution in [0.4, 0.5) is 5.82 Å². The van der Waals surface area contributed by atoms with Crippen molar-refractivity contribution in [3.05, 3.63) is 24.2 Å². The summed E-state index contributed by atoms with van der Waals surface area (Å²) in [6.45, 7) is 9.16. The van der Waals surface area contributed by atoms with Gasteiger partial charge in [0.25, 0.3) is 0 Å². The standard InChI is InChI=1S/C17H22N6O/c1-10(2)8-23-13(9-24-22-11(3)4)21-15-16(23)14-12(20-17(15)18)6-5-7-19-14/h5-7,10H,8-9H2,1-4H3,(H2,18,20). The Hall–Kier alpha value is -2.70. The van der Waals surface area contributed by atoms with Crippen LogP contribution in [-0.4, -0.2) is 25.2 Å². The summed E-state index contributed by atoms with van der Waals surface area (Å²) >= 11 is 0. The molecule has 0 aliphatic rings. The molecule has 0 radical (unpaired) electrons. The van der Waals surface area contributed by atoms with Gasteiger partial charge in [0, 0.05) is 12.7 Å². The molecule has 3 aromatic rings. The molecule has 3 rings (SSSR count). The van der Waals surface area contributed by atoms with Gasteiger partial charge in [0.2, 0.25) is 0 Å². The number of fused-ring (bicyclic) bond motifs is 3. The third-order valence-electron chi connectivity index (χ3n) is 3.53. The predicted octanol–water partition coefficient (Wildman–Crippen LogP) is 3.13. The maximum Gasteiger partial charge on any atom is 0.174 e. The number of anilines is 1. The van der Waals surface area contributed by atoms with Gasteiger partial charge in [-0.05, 0) is 31.9 Å². The normalized spacial score (nSPS) is 11.4. The Balaban J connectivity index is 2.22. The number of nitrogen functional groups attached to an aromatic ring is 1. The lowest BCUT2D eigenvalue weighted by atomic mass is 10.2. The maximum atomic E-state index is 6.13. The molecule has 0 amide bonds. The molecule has 0 atom stereocenters. The number of nitrogens with zero attached hydrogens (tertiary/aromatic N) is 5. The van der Waals surface area contributed by atoms with Gasteiger partial charge in [-0.1, -0.05) is 19.0 Å². The fraction of sp³-hybridized carbons (Fsp3) is 0.412. The van der Waals surface area contributed by atoms with E-state index in [4.69, 9.17) is 10.6 Å². The van der Waals surface area contributed by atoms with Crippen LogP contribution in [0.25, 0.3) is 22.1 Å². The van der Waals surface area contributed by atoms with E-state index in [1.54, 1.807) is 6.20 Å². The van der Waals surface area contributed by atoms with Crippen LogP contribution in [0.1, 0.15) is 33.5 Å². The minimum Gasteiger partial charge on any atom is -0.388 e. The third-order valence-corrected chi connectivity index (χ3v) is 3.53. The fourth-order valence-electron chi connectivity index (χ4n) is 2.66. The van der Waals surface area contributed by atoms with Crippen molar-refractivity contribution in [1.82, 2.24) is 19.5 Å². The van der Waals surface area contributed by atoms with Gasteiger partial charge in [-0.15, -0.1) is 0 Å². The zero-order valence-corrected chi connectivity index (χ0v) is 14.4. The van der Waals surface area contributed by atoms with Crippen molar-refractivity contribution in [1.29, 1.82) is 0 Å². The molecule has 7 heteroatoms. The number of imidazole rings is 1. The molecule has 0 spiro atoms. The molecule has 0 saturated carbocycles. The molecular formula is C17H22N6O. The minimum atomic E-state index is 0.278. The summed E-state index contributed by atoms with van der Waals surface area (Å²) in [7, 11) is 0. The molecule has 0 aliphatic heterocycles. The summed E-state index contributed by atoms with van der Waals surface area (Å²) in [6.07, 6.45) is 1.76.